The van der Waals surface area contributed by atoms with Crippen molar-refractivity contribution in [2.24, 2.45) is 0 Å². The van der Waals surface area contributed by atoms with Gasteiger partial charge in [0.05, 0.1) is 30.5 Å². The summed E-state index contributed by atoms with van der Waals surface area (Å²) in [6.07, 6.45) is 4.38. The standard InChI is InChI=1S/C23H28N6O/c1-14(2)18-11-20(15(3)4)29-23(25-18)26-22(27-29)10-17-7-8-19(21(9-17)30-6)28-12-16(5)24-13-28/h7-9,11-15H,10H2,1-6H3. The third-order valence-electron chi connectivity index (χ3n) is 5.18. The molecule has 0 aliphatic rings. The van der Waals surface area contributed by atoms with Gasteiger partial charge in [-0.3, -0.25) is 0 Å². The van der Waals surface area contributed by atoms with Crippen LogP contribution in [-0.4, -0.2) is 36.2 Å². The lowest BCUT2D eigenvalue weighted by molar-refractivity contribution is 0.412. The molecular weight excluding hydrogens is 376 g/mol. The van der Waals surface area contributed by atoms with Gasteiger partial charge in [0.25, 0.3) is 5.78 Å². The van der Waals surface area contributed by atoms with Crippen molar-refractivity contribution in [3.63, 3.8) is 0 Å². The van der Waals surface area contributed by atoms with Crippen LogP contribution < -0.4 is 4.74 Å². The Morgan fingerprint density at radius 2 is 1.83 bits per heavy atom. The molecule has 3 heterocycles. The second kappa shape index (κ2) is 7.89. The number of methoxy groups -OCH3 is 1. The Hall–Kier alpha value is -3.22. The van der Waals surface area contributed by atoms with Crippen LogP contribution in [0.25, 0.3) is 11.5 Å². The number of fused-ring (bicyclic) bond motifs is 1. The van der Waals surface area contributed by atoms with Gasteiger partial charge >= 0.3 is 0 Å². The lowest BCUT2D eigenvalue weighted by Crippen LogP contribution is -2.06. The molecule has 30 heavy (non-hydrogen) atoms. The van der Waals surface area contributed by atoms with Crippen molar-refractivity contribution in [2.75, 3.05) is 7.11 Å². The summed E-state index contributed by atoms with van der Waals surface area (Å²) in [7, 11) is 1.68. The SMILES string of the molecule is COc1cc(Cc2nc3nc(C(C)C)cc(C(C)C)n3n2)ccc1-n1cnc(C)c1. The van der Waals surface area contributed by atoms with Gasteiger partial charge in [-0.1, -0.05) is 33.8 Å². The Labute approximate surface area is 176 Å². The van der Waals surface area contributed by atoms with E-state index in [4.69, 9.17) is 19.8 Å². The highest BCUT2D eigenvalue weighted by Crippen LogP contribution is 2.26. The minimum atomic E-state index is 0.334. The third-order valence-corrected chi connectivity index (χ3v) is 5.18. The van der Waals surface area contributed by atoms with Gasteiger partial charge in [-0.25, -0.2) is 14.5 Å². The molecule has 0 fully saturated rings. The average molecular weight is 405 g/mol. The Morgan fingerprint density at radius 3 is 2.47 bits per heavy atom. The van der Waals surface area contributed by atoms with Crippen molar-refractivity contribution in [1.82, 2.24) is 29.1 Å². The molecule has 0 atom stereocenters. The summed E-state index contributed by atoms with van der Waals surface area (Å²) in [5.41, 5.74) is 5.18. The molecule has 0 N–H and O–H groups in total. The largest absolute Gasteiger partial charge is 0.495 e. The van der Waals surface area contributed by atoms with E-state index < -0.39 is 0 Å². The first-order valence-electron chi connectivity index (χ1n) is 10.3. The van der Waals surface area contributed by atoms with E-state index in [2.05, 4.69) is 44.8 Å². The van der Waals surface area contributed by atoms with Gasteiger partial charge < -0.3 is 9.30 Å². The molecule has 4 rings (SSSR count). The Kier molecular flexibility index (Phi) is 5.28. The van der Waals surface area contributed by atoms with Crippen LogP contribution in [0.5, 0.6) is 5.75 Å². The average Bonchev–Trinajstić information content (AvgIpc) is 3.32. The summed E-state index contributed by atoms with van der Waals surface area (Å²) in [6, 6.07) is 8.30. The van der Waals surface area contributed by atoms with Gasteiger partial charge in [0, 0.05) is 18.3 Å². The highest BCUT2D eigenvalue weighted by atomic mass is 16.5. The van der Waals surface area contributed by atoms with Gasteiger partial charge in [-0.05, 0) is 42.5 Å². The van der Waals surface area contributed by atoms with Crippen molar-refractivity contribution < 1.29 is 4.74 Å². The fourth-order valence-electron chi connectivity index (χ4n) is 3.51. The van der Waals surface area contributed by atoms with Crippen LogP contribution in [0.2, 0.25) is 0 Å². The molecule has 156 valence electrons. The molecule has 0 saturated heterocycles. The second-order valence-corrected chi connectivity index (χ2v) is 8.26. The third kappa shape index (κ3) is 3.79. The smallest absolute Gasteiger partial charge is 0.252 e. The molecule has 0 radical (unpaired) electrons. The van der Waals surface area contributed by atoms with E-state index in [0.29, 0.717) is 24.0 Å². The van der Waals surface area contributed by atoms with Crippen molar-refractivity contribution >= 4 is 5.78 Å². The summed E-state index contributed by atoms with van der Waals surface area (Å²) < 4.78 is 9.48. The van der Waals surface area contributed by atoms with E-state index in [1.807, 2.05) is 34.3 Å². The monoisotopic (exact) mass is 404 g/mol. The van der Waals surface area contributed by atoms with E-state index in [1.165, 1.54) is 0 Å². The number of imidazole rings is 1. The number of ether oxygens (including phenoxy) is 1. The summed E-state index contributed by atoms with van der Waals surface area (Å²) in [6.45, 7) is 10.6. The molecule has 4 aromatic rings. The molecule has 0 bridgehead atoms. The minimum absolute atomic E-state index is 0.334. The molecule has 0 aliphatic carbocycles. The highest BCUT2D eigenvalue weighted by Gasteiger charge is 2.16. The van der Waals surface area contributed by atoms with E-state index >= 15 is 0 Å². The van der Waals surface area contributed by atoms with Crippen molar-refractivity contribution in [1.29, 1.82) is 0 Å². The van der Waals surface area contributed by atoms with Crippen LogP contribution >= 0.6 is 0 Å². The Balaban J connectivity index is 1.69. The maximum Gasteiger partial charge on any atom is 0.252 e. The van der Waals surface area contributed by atoms with Gasteiger partial charge in [0.1, 0.15) is 5.75 Å². The molecule has 7 nitrogen and oxygen atoms in total. The number of aromatic nitrogens is 6. The van der Waals surface area contributed by atoms with Gasteiger partial charge in [0.15, 0.2) is 5.82 Å². The lowest BCUT2D eigenvalue weighted by atomic mass is 10.1. The summed E-state index contributed by atoms with van der Waals surface area (Å²) in [5.74, 6) is 2.88. The first kappa shape index (κ1) is 20.1. The minimum Gasteiger partial charge on any atom is -0.495 e. The number of hydrogen-bond donors (Lipinski definition) is 0. The van der Waals surface area contributed by atoms with Crippen LogP contribution in [0.3, 0.4) is 0 Å². The normalized spacial score (nSPS) is 11.7. The predicted octanol–water partition coefficient (Wildman–Crippen LogP) is 4.46. The first-order chi connectivity index (χ1) is 14.4. The van der Waals surface area contributed by atoms with E-state index in [-0.39, 0.29) is 0 Å². The zero-order valence-corrected chi connectivity index (χ0v) is 18.4. The molecule has 3 aromatic heterocycles. The molecule has 0 saturated carbocycles. The summed E-state index contributed by atoms with van der Waals surface area (Å²) >= 11 is 0. The topological polar surface area (TPSA) is 70.1 Å². The molecular formula is C23H28N6O. The number of nitrogens with zero attached hydrogens (tertiary/aromatic N) is 6. The Morgan fingerprint density at radius 1 is 1.03 bits per heavy atom. The first-order valence-corrected chi connectivity index (χ1v) is 10.3. The van der Waals surface area contributed by atoms with Crippen molar-refractivity contribution in [3.8, 4) is 11.4 Å². The summed E-state index contributed by atoms with van der Waals surface area (Å²) in [4.78, 5) is 13.7. The van der Waals surface area contributed by atoms with Gasteiger partial charge in [-0.2, -0.15) is 4.98 Å². The molecule has 0 spiro atoms. The molecule has 0 amide bonds. The maximum atomic E-state index is 5.63. The zero-order chi connectivity index (χ0) is 21.4. The number of rotatable bonds is 6. The van der Waals surface area contributed by atoms with E-state index in [0.717, 1.165) is 39.9 Å². The van der Waals surface area contributed by atoms with Crippen LogP contribution in [0.1, 0.15) is 68.0 Å². The fraction of sp³-hybridized carbons (Fsp3) is 0.391. The number of benzene rings is 1. The van der Waals surface area contributed by atoms with Gasteiger partial charge in [0.2, 0.25) is 0 Å². The van der Waals surface area contributed by atoms with Crippen LogP contribution in [0.4, 0.5) is 0 Å². The quantitative estimate of drug-likeness (QED) is 0.474. The molecule has 1 aromatic carbocycles. The van der Waals surface area contributed by atoms with Crippen LogP contribution in [0.15, 0.2) is 36.8 Å². The predicted molar refractivity (Wildman–Crippen MR) is 117 cm³/mol. The van der Waals surface area contributed by atoms with Gasteiger partial charge in [-0.15, -0.1) is 5.10 Å². The summed E-state index contributed by atoms with van der Waals surface area (Å²) in [5, 5.41) is 4.76. The maximum absolute atomic E-state index is 5.63. The number of aryl methyl sites for hydroxylation is 1. The second-order valence-electron chi connectivity index (χ2n) is 8.26. The van der Waals surface area contributed by atoms with Crippen molar-refractivity contribution in [2.45, 2.75) is 52.9 Å². The van der Waals surface area contributed by atoms with Crippen LogP contribution in [-0.2, 0) is 6.42 Å². The van der Waals surface area contributed by atoms with E-state index in [9.17, 15) is 0 Å². The molecule has 0 aliphatic heterocycles. The number of hydrogen-bond acceptors (Lipinski definition) is 5. The zero-order valence-electron chi connectivity index (χ0n) is 18.4. The highest BCUT2D eigenvalue weighted by molar-refractivity contribution is 5.49. The van der Waals surface area contributed by atoms with Crippen molar-refractivity contribution in [3.05, 3.63) is 65.3 Å². The van der Waals surface area contributed by atoms with Crippen LogP contribution in [0, 0.1) is 6.92 Å². The Bertz CT molecular complexity index is 1190. The fourth-order valence-corrected chi connectivity index (χ4v) is 3.51. The molecule has 7 heteroatoms. The van der Waals surface area contributed by atoms with E-state index in [1.54, 1.807) is 13.4 Å². The molecule has 0 unspecified atom stereocenters. The lowest BCUT2D eigenvalue weighted by Gasteiger charge is -2.11.